The largest absolute Gasteiger partial charge is 0.394 e. The van der Waals surface area contributed by atoms with E-state index in [-0.39, 0.29) is 18.7 Å². The minimum absolute atomic E-state index is 0.000749. The highest BCUT2D eigenvalue weighted by Crippen LogP contribution is 2.29. The summed E-state index contributed by atoms with van der Waals surface area (Å²) in [4.78, 5) is 18.6. The van der Waals surface area contributed by atoms with Gasteiger partial charge in [-0.15, -0.1) is 0 Å². The van der Waals surface area contributed by atoms with Gasteiger partial charge in [0.15, 0.2) is 0 Å². The van der Waals surface area contributed by atoms with Crippen LogP contribution >= 0.6 is 11.6 Å². The lowest BCUT2D eigenvalue weighted by Crippen LogP contribution is -2.55. The number of nitrogens with one attached hydrogen (secondary N) is 2. The van der Waals surface area contributed by atoms with Crippen molar-refractivity contribution in [2.45, 2.75) is 43.7 Å². The molecule has 3 rings (SSSR count). The Hall–Kier alpha value is -1.53. The van der Waals surface area contributed by atoms with E-state index < -0.39 is 5.54 Å². The maximum absolute atomic E-state index is 12.2. The number of carbonyl (C=O) groups is 1. The zero-order valence-corrected chi connectivity index (χ0v) is 13.9. The molecule has 0 spiro atoms. The van der Waals surface area contributed by atoms with Crippen molar-refractivity contribution >= 4 is 23.4 Å². The van der Waals surface area contributed by atoms with Gasteiger partial charge in [-0.25, -0.2) is 9.78 Å². The standard InChI is InChI=1S/C16H23ClN4O2/c17-13-4-3-8-18-14(13)21-9-5-12(10-21)19-15(23)20-16(11-22)6-1-2-7-16/h3-4,8,12,22H,1-2,5-7,9-11H2,(H2,19,20,23). The molecule has 1 saturated heterocycles. The van der Waals surface area contributed by atoms with Crippen LogP contribution in [0, 0.1) is 0 Å². The van der Waals surface area contributed by atoms with E-state index in [1.165, 1.54) is 0 Å². The average molecular weight is 339 g/mol. The van der Waals surface area contributed by atoms with Crippen LogP contribution in [0.25, 0.3) is 0 Å². The number of pyridine rings is 1. The van der Waals surface area contributed by atoms with E-state index in [1.54, 1.807) is 12.3 Å². The number of carbonyl (C=O) groups excluding carboxylic acids is 1. The van der Waals surface area contributed by atoms with Crippen molar-refractivity contribution in [1.29, 1.82) is 0 Å². The van der Waals surface area contributed by atoms with E-state index >= 15 is 0 Å². The quantitative estimate of drug-likeness (QED) is 0.784. The molecule has 0 bridgehead atoms. The van der Waals surface area contributed by atoms with Gasteiger partial charge in [0.05, 0.1) is 17.2 Å². The van der Waals surface area contributed by atoms with Crippen LogP contribution < -0.4 is 15.5 Å². The Labute approximate surface area is 141 Å². The fourth-order valence-electron chi connectivity index (χ4n) is 3.52. The zero-order chi connectivity index (χ0) is 16.3. The third-order valence-corrected chi connectivity index (χ3v) is 5.10. The summed E-state index contributed by atoms with van der Waals surface area (Å²) in [7, 11) is 0. The topological polar surface area (TPSA) is 77.5 Å². The lowest BCUT2D eigenvalue weighted by atomic mass is 9.99. The fourth-order valence-corrected chi connectivity index (χ4v) is 3.76. The second-order valence-electron chi connectivity index (χ2n) is 6.48. The van der Waals surface area contributed by atoms with Crippen molar-refractivity contribution in [2.24, 2.45) is 0 Å². The Morgan fingerprint density at radius 3 is 2.96 bits per heavy atom. The van der Waals surface area contributed by atoms with Crippen LogP contribution in [0.2, 0.25) is 5.02 Å². The number of hydrogen-bond donors (Lipinski definition) is 3. The average Bonchev–Trinajstić information content (AvgIpc) is 3.18. The molecule has 3 N–H and O–H groups in total. The third-order valence-electron chi connectivity index (χ3n) is 4.80. The Morgan fingerprint density at radius 2 is 2.26 bits per heavy atom. The second-order valence-corrected chi connectivity index (χ2v) is 6.89. The van der Waals surface area contributed by atoms with Gasteiger partial charge in [-0.3, -0.25) is 0 Å². The van der Waals surface area contributed by atoms with Gasteiger partial charge in [0.2, 0.25) is 0 Å². The molecule has 2 amide bonds. The number of halogens is 1. The van der Waals surface area contributed by atoms with Crippen molar-refractivity contribution in [2.75, 3.05) is 24.6 Å². The minimum atomic E-state index is -0.438. The second kappa shape index (κ2) is 6.93. The smallest absolute Gasteiger partial charge is 0.315 e. The number of hydrogen-bond acceptors (Lipinski definition) is 4. The first-order valence-corrected chi connectivity index (χ1v) is 8.55. The highest BCUT2D eigenvalue weighted by Gasteiger charge is 2.35. The molecule has 0 aromatic carbocycles. The van der Waals surface area contributed by atoms with Crippen molar-refractivity contribution in [3.05, 3.63) is 23.4 Å². The molecule has 2 heterocycles. The molecule has 23 heavy (non-hydrogen) atoms. The molecule has 126 valence electrons. The Bertz CT molecular complexity index is 563. The molecule has 1 aromatic heterocycles. The summed E-state index contributed by atoms with van der Waals surface area (Å²) >= 11 is 6.18. The highest BCUT2D eigenvalue weighted by molar-refractivity contribution is 6.32. The maximum atomic E-state index is 12.2. The fraction of sp³-hybridized carbons (Fsp3) is 0.625. The number of urea groups is 1. The lowest BCUT2D eigenvalue weighted by Gasteiger charge is -2.29. The predicted octanol–water partition coefficient (Wildman–Crippen LogP) is 1.92. The van der Waals surface area contributed by atoms with E-state index in [0.717, 1.165) is 44.5 Å². The summed E-state index contributed by atoms with van der Waals surface area (Å²) in [6.45, 7) is 1.50. The molecule has 7 heteroatoms. The number of aliphatic hydroxyl groups excluding tert-OH is 1. The Balaban J connectivity index is 1.54. The Morgan fingerprint density at radius 1 is 1.48 bits per heavy atom. The van der Waals surface area contributed by atoms with Crippen molar-refractivity contribution in [3.63, 3.8) is 0 Å². The molecule has 1 unspecified atom stereocenters. The van der Waals surface area contributed by atoms with E-state index in [1.807, 2.05) is 6.07 Å². The van der Waals surface area contributed by atoms with E-state index in [9.17, 15) is 9.90 Å². The van der Waals surface area contributed by atoms with Gasteiger partial charge in [-0.1, -0.05) is 24.4 Å². The van der Waals surface area contributed by atoms with Gasteiger partial charge in [0.1, 0.15) is 5.82 Å². The SMILES string of the molecule is O=C(NC1CCN(c2ncccc2Cl)C1)NC1(CO)CCCC1. The van der Waals surface area contributed by atoms with Crippen LogP contribution in [-0.2, 0) is 0 Å². The van der Waals surface area contributed by atoms with Crippen molar-refractivity contribution in [1.82, 2.24) is 15.6 Å². The summed E-state index contributed by atoms with van der Waals surface area (Å²) in [5, 5.41) is 16.2. The summed E-state index contributed by atoms with van der Waals surface area (Å²) in [6, 6.07) is 3.49. The van der Waals surface area contributed by atoms with Gasteiger partial charge in [0, 0.05) is 25.3 Å². The Kier molecular flexibility index (Phi) is 4.92. The summed E-state index contributed by atoms with van der Waals surface area (Å²) < 4.78 is 0. The van der Waals surface area contributed by atoms with Crippen LogP contribution in [0.3, 0.4) is 0 Å². The van der Waals surface area contributed by atoms with Crippen LogP contribution in [0.1, 0.15) is 32.1 Å². The normalized spacial score (nSPS) is 23.0. The van der Waals surface area contributed by atoms with Gasteiger partial charge in [-0.2, -0.15) is 0 Å². The number of anilines is 1. The van der Waals surface area contributed by atoms with Crippen molar-refractivity contribution < 1.29 is 9.90 Å². The van der Waals surface area contributed by atoms with Crippen LogP contribution in [0.15, 0.2) is 18.3 Å². The number of aliphatic hydroxyl groups is 1. The number of aromatic nitrogens is 1. The molecule has 1 aliphatic heterocycles. The van der Waals surface area contributed by atoms with E-state index in [2.05, 4.69) is 20.5 Å². The molecule has 2 fully saturated rings. The number of amides is 2. The predicted molar refractivity (Wildman–Crippen MR) is 89.8 cm³/mol. The van der Waals surface area contributed by atoms with Gasteiger partial charge in [0.25, 0.3) is 0 Å². The lowest BCUT2D eigenvalue weighted by molar-refractivity contribution is 0.162. The van der Waals surface area contributed by atoms with Crippen LogP contribution in [-0.4, -0.2) is 47.4 Å². The summed E-state index contributed by atoms with van der Waals surface area (Å²) in [6.07, 6.45) is 6.37. The zero-order valence-electron chi connectivity index (χ0n) is 13.1. The van der Waals surface area contributed by atoms with Gasteiger partial charge >= 0.3 is 6.03 Å². The molecule has 1 atom stereocenters. The summed E-state index contributed by atoms with van der Waals surface area (Å²) in [5.41, 5.74) is -0.438. The first kappa shape index (κ1) is 16.3. The minimum Gasteiger partial charge on any atom is -0.394 e. The van der Waals surface area contributed by atoms with Crippen LogP contribution in [0.5, 0.6) is 0 Å². The molecular weight excluding hydrogens is 316 g/mol. The number of nitrogens with zero attached hydrogens (tertiary/aromatic N) is 2. The highest BCUT2D eigenvalue weighted by atomic mass is 35.5. The number of rotatable bonds is 4. The monoisotopic (exact) mass is 338 g/mol. The van der Waals surface area contributed by atoms with Gasteiger partial charge in [-0.05, 0) is 31.4 Å². The molecule has 6 nitrogen and oxygen atoms in total. The molecule has 2 aliphatic rings. The van der Waals surface area contributed by atoms with Crippen molar-refractivity contribution in [3.8, 4) is 0 Å². The molecule has 1 saturated carbocycles. The van der Waals surface area contributed by atoms with E-state index in [4.69, 9.17) is 11.6 Å². The molecule has 0 radical (unpaired) electrons. The first-order valence-electron chi connectivity index (χ1n) is 8.17. The summed E-state index contributed by atoms with van der Waals surface area (Å²) in [5.74, 6) is 0.765. The van der Waals surface area contributed by atoms with Gasteiger partial charge < -0.3 is 20.6 Å². The third kappa shape index (κ3) is 3.70. The van der Waals surface area contributed by atoms with Crippen LogP contribution in [0.4, 0.5) is 10.6 Å². The molecule has 1 aliphatic carbocycles. The maximum Gasteiger partial charge on any atom is 0.315 e. The first-order chi connectivity index (χ1) is 11.1. The molecular formula is C16H23ClN4O2. The van der Waals surface area contributed by atoms with E-state index in [0.29, 0.717) is 11.6 Å². The molecule has 1 aromatic rings.